The number of hydrogen-bond donors (Lipinski definition) is 1. The minimum absolute atomic E-state index is 0.140. The summed E-state index contributed by atoms with van der Waals surface area (Å²) in [7, 11) is -2.38. The van der Waals surface area contributed by atoms with Gasteiger partial charge in [-0.1, -0.05) is 29.3 Å². The zero-order valence-electron chi connectivity index (χ0n) is 15.4. The van der Waals surface area contributed by atoms with E-state index in [1.807, 2.05) is 0 Å². The summed E-state index contributed by atoms with van der Waals surface area (Å²) >= 11 is 11.9. The minimum atomic E-state index is -3.86. The van der Waals surface area contributed by atoms with Crippen molar-refractivity contribution in [1.82, 2.24) is 4.31 Å². The summed E-state index contributed by atoms with van der Waals surface area (Å²) in [6.45, 7) is 1.99. The monoisotopic (exact) mass is 442 g/mol. The quantitative estimate of drug-likeness (QED) is 0.755. The number of ether oxygens (including phenoxy) is 1. The van der Waals surface area contributed by atoms with Gasteiger partial charge < -0.3 is 10.1 Å². The Morgan fingerprint density at radius 2 is 1.93 bits per heavy atom. The molecule has 150 valence electrons. The Labute approximate surface area is 174 Å². The van der Waals surface area contributed by atoms with E-state index >= 15 is 0 Å². The topological polar surface area (TPSA) is 75.7 Å². The highest BCUT2D eigenvalue weighted by molar-refractivity contribution is 7.89. The molecule has 0 aromatic heterocycles. The molecule has 3 rings (SSSR count). The molecule has 0 saturated carbocycles. The van der Waals surface area contributed by atoms with Gasteiger partial charge in [-0.15, -0.1) is 0 Å². The van der Waals surface area contributed by atoms with Gasteiger partial charge in [0.1, 0.15) is 11.8 Å². The van der Waals surface area contributed by atoms with Crippen LogP contribution in [0, 0.1) is 6.92 Å². The Kier molecular flexibility index (Phi) is 6.19. The van der Waals surface area contributed by atoms with Gasteiger partial charge in [0.15, 0.2) is 0 Å². The van der Waals surface area contributed by atoms with Crippen LogP contribution in [0.25, 0.3) is 0 Å². The molecule has 0 radical (unpaired) electrons. The van der Waals surface area contributed by atoms with Crippen LogP contribution in [0.2, 0.25) is 10.0 Å². The van der Waals surface area contributed by atoms with Gasteiger partial charge in [0, 0.05) is 18.3 Å². The molecule has 9 heteroatoms. The summed E-state index contributed by atoms with van der Waals surface area (Å²) in [6, 6.07) is 8.79. The molecule has 1 heterocycles. The van der Waals surface area contributed by atoms with E-state index in [-0.39, 0.29) is 11.4 Å². The van der Waals surface area contributed by atoms with Crippen molar-refractivity contribution in [2.45, 2.75) is 30.7 Å². The molecule has 28 heavy (non-hydrogen) atoms. The molecule has 1 atom stereocenters. The van der Waals surface area contributed by atoms with Crippen LogP contribution in [0.5, 0.6) is 5.75 Å². The highest BCUT2D eigenvalue weighted by Gasteiger charge is 2.40. The average Bonchev–Trinajstić information content (AvgIpc) is 3.16. The fraction of sp³-hybridized carbons (Fsp3) is 0.316. The first-order valence-corrected chi connectivity index (χ1v) is 10.9. The Bertz CT molecular complexity index is 1010. The van der Waals surface area contributed by atoms with E-state index in [0.29, 0.717) is 39.9 Å². The van der Waals surface area contributed by atoms with Crippen molar-refractivity contribution in [3.05, 3.63) is 52.0 Å². The van der Waals surface area contributed by atoms with Gasteiger partial charge in [0.25, 0.3) is 0 Å². The second-order valence-electron chi connectivity index (χ2n) is 6.52. The maximum absolute atomic E-state index is 13.2. The van der Waals surface area contributed by atoms with Crippen LogP contribution in [0.15, 0.2) is 41.3 Å². The highest BCUT2D eigenvalue weighted by Crippen LogP contribution is 2.31. The first-order valence-electron chi connectivity index (χ1n) is 8.66. The Hall–Kier alpha value is -1.80. The summed E-state index contributed by atoms with van der Waals surface area (Å²) in [5.41, 5.74) is 1.05. The molecule has 6 nitrogen and oxygen atoms in total. The smallest absolute Gasteiger partial charge is 0.244 e. The van der Waals surface area contributed by atoms with Crippen molar-refractivity contribution in [3.8, 4) is 5.75 Å². The van der Waals surface area contributed by atoms with Crippen molar-refractivity contribution in [2.75, 3.05) is 19.0 Å². The van der Waals surface area contributed by atoms with Crippen LogP contribution in [0.1, 0.15) is 18.4 Å². The lowest BCUT2D eigenvalue weighted by molar-refractivity contribution is -0.119. The van der Waals surface area contributed by atoms with Crippen molar-refractivity contribution in [1.29, 1.82) is 0 Å². The Morgan fingerprint density at radius 1 is 1.18 bits per heavy atom. The SMILES string of the molecule is COc1ccc(C)c(S(=O)(=O)N2CCC[C@@H]2C(=O)Nc2ccc(Cl)c(Cl)c2)c1. The summed E-state index contributed by atoms with van der Waals surface area (Å²) in [4.78, 5) is 12.9. The van der Waals surface area contributed by atoms with Gasteiger partial charge in [-0.25, -0.2) is 8.42 Å². The average molecular weight is 443 g/mol. The molecule has 2 aromatic rings. The second-order valence-corrected chi connectivity index (χ2v) is 9.20. The number of benzene rings is 2. The van der Waals surface area contributed by atoms with E-state index < -0.39 is 22.0 Å². The largest absolute Gasteiger partial charge is 0.497 e. The van der Waals surface area contributed by atoms with Crippen molar-refractivity contribution >= 4 is 44.8 Å². The number of hydrogen-bond acceptors (Lipinski definition) is 4. The molecule has 0 spiro atoms. The Morgan fingerprint density at radius 3 is 2.61 bits per heavy atom. The number of aryl methyl sites for hydroxylation is 1. The zero-order chi connectivity index (χ0) is 20.5. The standard InChI is InChI=1S/C19H20Cl2N2O4S/c1-12-5-7-14(27-2)11-18(12)28(25,26)23-9-3-4-17(23)19(24)22-13-6-8-15(20)16(21)10-13/h5-8,10-11,17H,3-4,9H2,1-2H3,(H,22,24)/t17-/m1/s1. The van der Waals surface area contributed by atoms with E-state index in [0.717, 1.165) is 0 Å². The van der Waals surface area contributed by atoms with Crippen LogP contribution in [0.3, 0.4) is 0 Å². The molecule has 2 aromatic carbocycles. The molecule has 1 aliphatic rings. The van der Waals surface area contributed by atoms with E-state index in [1.54, 1.807) is 31.2 Å². The third-order valence-electron chi connectivity index (χ3n) is 4.68. The van der Waals surface area contributed by atoms with Gasteiger partial charge >= 0.3 is 0 Å². The molecule has 1 saturated heterocycles. The predicted octanol–water partition coefficient (Wildman–Crippen LogP) is 4.10. The van der Waals surface area contributed by atoms with Crippen molar-refractivity contribution < 1.29 is 17.9 Å². The number of methoxy groups -OCH3 is 1. The number of nitrogens with one attached hydrogen (secondary N) is 1. The van der Waals surface area contributed by atoms with Gasteiger partial charge in [-0.3, -0.25) is 4.79 Å². The first-order chi connectivity index (χ1) is 13.2. The van der Waals surface area contributed by atoms with Crippen LogP contribution < -0.4 is 10.1 Å². The molecule has 0 bridgehead atoms. The lowest BCUT2D eigenvalue weighted by Crippen LogP contribution is -2.43. The van der Waals surface area contributed by atoms with Gasteiger partial charge in [-0.2, -0.15) is 4.31 Å². The maximum atomic E-state index is 13.2. The fourth-order valence-corrected chi connectivity index (χ4v) is 5.40. The second kappa shape index (κ2) is 8.29. The van der Waals surface area contributed by atoms with Crippen LogP contribution in [-0.2, 0) is 14.8 Å². The van der Waals surface area contributed by atoms with Crippen LogP contribution >= 0.6 is 23.2 Å². The van der Waals surface area contributed by atoms with Crippen LogP contribution in [0.4, 0.5) is 5.69 Å². The van der Waals surface area contributed by atoms with Crippen molar-refractivity contribution in [3.63, 3.8) is 0 Å². The lowest BCUT2D eigenvalue weighted by Gasteiger charge is -2.24. The number of halogens is 2. The molecule has 0 aliphatic carbocycles. The summed E-state index contributed by atoms with van der Waals surface area (Å²) in [5, 5.41) is 3.41. The normalized spacial score (nSPS) is 17.5. The van der Waals surface area contributed by atoms with Gasteiger partial charge in [0.05, 0.1) is 22.1 Å². The van der Waals surface area contributed by atoms with Gasteiger partial charge in [-0.05, 0) is 49.6 Å². The summed E-state index contributed by atoms with van der Waals surface area (Å²) < 4.78 is 32.9. The van der Waals surface area contributed by atoms with E-state index in [4.69, 9.17) is 27.9 Å². The maximum Gasteiger partial charge on any atom is 0.244 e. The zero-order valence-corrected chi connectivity index (χ0v) is 17.7. The fourth-order valence-electron chi connectivity index (χ4n) is 3.20. The van der Waals surface area contributed by atoms with E-state index in [2.05, 4.69) is 5.32 Å². The third kappa shape index (κ3) is 4.12. The minimum Gasteiger partial charge on any atom is -0.497 e. The van der Waals surface area contributed by atoms with E-state index in [1.165, 1.54) is 23.5 Å². The van der Waals surface area contributed by atoms with Gasteiger partial charge in [0.2, 0.25) is 15.9 Å². The number of rotatable bonds is 5. The molecule has 1 amide bonds. The first kappa shape index (κ1) is 20.9. The molecule has 1 N–H and O–H groups in total. The number of carbonyl (C=O) groups is 1. The number of amides is 1. The molecule has 1 aliphatic heterocycles. The molecule has 1 fully saturated rings. The summed E-state index contributed by atoms with van der Waals surface area (Å²) in [5.74, 6) is 0.0418. The Balaban J connectivity index is 1.87. The molecular weight excluding hydrogens is 423 g/mol. The number of sulfonamides is 1. The molecular formula is C19H20Cl2N2O4S. The van der Waals surface area contributed by atoms with E-state index in [9.17, 15) is 13.2 Å². The number of anilines is 1. The number of nitrogens with zero attached hydrogens (tertiary/aromatic N) is 1. The molecule has 0 unspecified atom stereocenters. The highest BCUT2D eigenvalue weighted by atomic mass is 35.5. The van der Waals surface area contributed by atoms with Crippen LogP contribution in [-0.4, -0.2) is 38.3 Å². The lowest BCUT2D eigenvalue weighted by atomic mass is 10.2. The predicted molar refractivity (Wildman–Crippen MR) is 110 cm³/mol. The third-order valence-corrected chi connectivity index (χ3v) is 7.46. The summed E-state index contributed by atoms with van der Waals surface area (Å²) in [6.07, 6.45) is 1.04. The number of carbonyl (C=O) groups excluding carboxylic acids is 1. The van der Waals surface area contributed by atoms with Crippen molar-refractivity contribution in [2.24, 2.45) is 0 Å².